The molecule has 0 amide bonds. The third-order valence-corrected chi connectivity index (χ3v) is 6.16. The lowest BCUT2D eigenvalue weighted by Crippen LogP contribution is -2.21. The van der Waals surface area contributed by atoms with Crippen LogP contribution in [0.25, 0.3) is 47.1 Å². The number of aryl methyl sites for hydroxylation is 2. The van der Waals surface area contributed by atoms with Crippen molar-refractivity contribution in [2.45, 2.75) is 26.7 Å². The van der Waals surface area contributed by atoms with Crippen LogP contribution in [0.5, 0.6) is 0 Å². The van der Waals surface area contributed by atoms with Gasteiger partial charge in [0.25, 0.3) is 0 Å². The molecule has 0 bridgehead atoms. The molecule has 158 valence electrons. The zero-order valence-electron chi connectivity index (χ0n) is 18.6. The Morgan fingerprint density at radius 3 is 1.62 bits per heavy atom. The number of hydrogen-bond donors (Lipinski definition) is 2. The van der Waals surface area contributed by atoms with E-state index in [1.54, 1.807) is 0 Å². The molecule has 5 aromatic rings. The second kappa shape index (κ2) is 8.01. The van der Waals surface area contributed by atoms with Crippen molar-refractivity contribution in [3.05, 3.63) is 98.2 Å². The largest absolute Gasteiger partial charge is 0.355 e. The Morgan fingerprint density at radius 1 is 0.719 bits per heavy atom. The van der Waals surface area contributed by atoms with Crippen LogP contribution in [-0.2, 0) is 12.8 Å². The zero-order chi connectivity index (χ0) is 22.2. The van der Waals surface area contributed by atoms with Gasteiger partial charge in [0.2, 0.25) is 0 Å². The van der Waals surface area contributed by atoms with E-state index in [0.717, 1.165) is 56.4 Å². The zero-order valence-corrected chi connectivity index (χ0v) is 18.6. The molecular formula is C29H27N3. The number of nitrogens with one attached hydrogen (secondary N) is 2. The van der Waals surface area contributed by atoms with E-state index in [1.807, 2.05) is 12.1 Å². The normalized spacial score (nSPS) is 12.9. The fraction of sp³-hybridized carbons (Fsp3) is 0.138. The van der Waals surface area contributed by atoms with Crippen LogP contribution < -0.4 is 21.1 Å². The summed E-state index contributed by atoms with van der Waals surface area (Å²) in [5, 5.41) is 6.39. The number of aromatic nitrogens is 3. The maximum atomic E-state index is 4.91. The molecule has 0 atom stereocenters. The summed E-state index contributed by atoms with van der Waals surface area (Å²) in [5.74, 6) is 0. The molecular weight excluding hydrogens is 390 g/mol. The van der Waals surface area contributed by atoms with Gasteiger partial charge >= 0.3 is 0 Å². The van der Waals surface area contributed by atoms with Gasteiger partial charge in [-0.05, 0) is 72.5 Å². The molecule has 0 aliphatic carbocycles. The Morgan fingerprint density at radius 2 is 1.19 bits per heavy atom. The van der Waals surface area contributed by atoms with Gasteiger partial charge in [-0.15, -0.1) is 0 Å². The number of pyridine rings is 1. The predicted molar refractivity (Wildman–Crippen MR) is 136 cm³/mol. The van der Waals surface area contributed by atoms with E-state index in [4.69, 9.17) is 4.98 Å². The third kappa shape index (κ3) is 3.56. The highest BCUT2D eigenvalue weighted by molar-refractivity contribution is 5.83. The standard InChI is InChI=1S/C29H27N3/c1-5-20-10-12-28-26(14-20)24(18(3)30-28)16-22-8-7-9-23(32-22)17-25-19(4)31-29-13-11-21(6-2)15-27(25)29/h7-17,30-31H,3-6H2,1-2H3/b24-16-,25-17-. The number of fused-ring (bicyclic) bond motifs is 2. The molecule has 0 unspecified atom stereocenters. The lowest BCUT2D eigenvalue weighted by molar-refractivity contribution is 1.15. The number of H-pyrrole nitrogens is 2. The Hall–Kier alpha value is -3.85. The fourth-order valence-corrected chi connectivity index (χ4v) is 4.33. The first-order valence-corrected chi connectivity index (χ1v) is 11.2. The van der Waals surface area contributed by atoms with E-state index < -0.39 is 0 Å². The minimum absolute atomic E-state index is 0.908. The molecule has 0 saturated carbocycles. The first-order valence-electron chi connectivity index (χ1n) is 11.2. The quantitative estimate of drug-likeness (QED) is 0.461. The monoisotopic (exact) mass is 417 g/mol. The van der Waals surface area contributed by atoms with Gasteiger partial charge in [-0.25, -0.2) is 4.98 Å². The summed E-state index contributed by atoms with van der Waals surface area (Å²) in [6, 6.07) is 19.2. The van der Waals surface area contributed by atoms with E-state index in [-0.39, 0.29) is 0 Å². The Labute approximate surface area is 187 Å². The summed E-state index contributed by atoms with van der Waals surface area (Å²) in [6.07, 6.45) is 6.25. The van der Waals surface area contributed by atoms with Gasteiger partial charge in [-0.3, -0.25) is 0 Å². The smallest absolute Gasteiger partial charge is 0.0643 e. The first-order chi connectivity index (χ1) is 15.6. The topological polar surface area (TPSA) is 44.5 Å². The van der Waals surface area contributed by atoms with E-state index in [1.165, 1.54) is 21.9 Å². The second-order valence-electron chi connectivity index (χ2n) is 8.28. The maximum Gasteiger partial charge on any atom is 0.0643 e. The van der Waals surface area contributed by atoms with Gasteiger partial charge in [0.15, 0.2) is 0 Å². The average molecular weight is 418 g/mol. The van der Waals surface area contributed by atoms with Gasteiger partial charge in [-0.1, -0.05) is 45.2 Å². The fourth-order valence-electron chi connectivity index (χ4n) is 4.33. The number of hydrogen-bond acceptors (Lipinski definition) is 1. The number of benzene rings is 2. The molecule has 2 N–H and O–H groups in total. The first kappa shape index (κ1) is 20.1. The van der Waals surface area contributed by atoms with Crippen molar-refractivity contribution in [2.75, 3.05) is 0 Å². The summed E-state index contributed by atoms with van der Waals surface area (Å²) >= 11 is 0. The summed E-state index contributed by atoms with van der Waals surface area (Å²) < 4.78 is 0. The average Bonchev–Trinajstić information content (AvgIpc) is 3.28. The molecule has 0 saturated heterocycles. The van der Waals surface area contributed by atoms with Crippen molar-refractivity contribution in [3.63, 3.8) is 0 Å². The molecule has 3 heterocycles. The van der Waals surface area contributed by atoms with Crippen molar-refractivity contribution in [1.82, 2.24) is 15.0 Å². The van der Waals surface area contributed by atoms with Crippen LogP contribution in [0.1, 0.15) is 36.4 Å². The molecule has 0 radical (unpaired) electrons. The molecule has 0 spiro atoms. The molecule has 0 fully saturated rings. The van der Waals surface area contributed by atoms with Crippen LogP contribution in [-0.4, -0.2) is 15.0 Å². The van der Waals surface area contributed by atoms with E-state index in [2.05, 4.69) is 91.6 Å². The number of rotatable bonds is 4. The van der Waals surface area contributed by atoms with E-state index in [0.29, 0.717) is 0 Å². The van der Waals surface area contributed by atoms with Gasteiger partial charge in [0, 0.05) is 42.9 Å². The number of aromatic amines is 2. The molecule has 3 heteroatoms. The van der Waals surface area contributed by atoms with Gasteiger partial charge in [-0.2, -0.15) is 0 Å². The minimum atomic E-state index is 0.908. The molecule has 0 aliphatic rings. The van der Waals surface area contributed by atoms with Crippen LogP contribution >= 0.6 is 0 Å². The predicted octanol–water partition coefficient (Wildman–Crippen LogP) is 3.65. The van der Waals surface area contributed by atoms with Crippen LogP contribution in [0.4, 0.5) is 0 Å². The highest BCUT2D eigenvalue weighted by atomic mass is 14.7. The van der Waals surface area contributed by atoms with E-state index in [9.17, 15) is 0 Å². The maximum absolute atomic E-state index is 4.91. The molecule has 2 aromatic carbocycles. The molecule has 3 nitrogen and oxygen atoms in total. The number of nitrogens with zero attached hydrogens (tertiary/aromatic N) is 1. The summed E-state index contributed by atoms with van der Waals surface area (Å²) in [6.45, 7) is 12.8. The van der Waals surface area contributed by atoms with Crippen LogP contribution in [0, 0.1) is 0 Å². The lowest BCUT2D eigenvalue weighted by atomic mass is 10.1. The molecule has 3 aromatic heterocycles. The van der Waals surface area contributed by atoms with Crippen molar-refractivity contribution in [3.8, 4) is 0 Å². The Bertz CT molecular complexity index is 1560. The third-order valence-electron chi connectivity index (χ3n) is 6.16. The van der Waals surface area contributed by atoms with Crippen LogP contribution in [0.3, 0.4) is 0 Å². The SMILES string of the molecule is C=c1[nH]c2ccc(CC)cc2/c1=C\c1cccc(/C=c2/c(=C)[nH]c3ccc(CC)cc23)n1. The Balaban J connectivity index is 1.66. The minimum Gasteiger partial charge on any atom is -0.355 e. The van der Waals surface area contributed by atoms with Gasteiger partial charge < -0.3 is 9.97 Å². The highest BCUT2D eigenvalue weighted by Gasteiger charge is 2.04. The van der Waals surface area contributed by atoms with Crippen molar-refractivity contribution < 1.29 is 0 Å². The van der Waals surface area contributed by atoms with Crippen molar-refractivity contribution in [1.29, 1.82) is 0 Å². The van der Waals surface area contributed by atoms with Crippen LogP contribution in [0.15, 0.2) is 54.6 Å². The highest BCUT2D eigenvalue weighted by Crippen LogP contribution is 2.12. The second-order valence-corrected chi connectivity index (χ2v) is 8.28. The van der Waals surface area contributed by atoms with E-state index >= 15 is 0 Å². The summed E-state index contributed by atoms with van der Waals surface area (Å²) in [4.78, 5) is 11.7. The van der Waals surface area contributed by atoms with Gasteiger partial charge in [0.1, 0.15) is 0 Å². The van der Waals surface area contributed by atoms with Gasteiger partial charge in [0.05, 0.1) is 11.4 Å². The Kier molecular flexibility index (Phi) is 5.02. The summed E-state index contributed by atoms with van der Waals surface area (Å²) in [7, 11) is 0. The summed E-state index contributed by atoms with van der Waals surface area (Å²) in [5.41, 5.74) is 6.66. The van der Waals surface area contributed by atoms with Crippen LogP contribution in [0.2, 0.25) is 0 Å². The molecule has 0 aliphatic heterocycles. The van der Waals surface area contributed by atoms with Crippen molar-refractivity contribution in [2.24, 2.45) is 0 Å². The lowest BCUT2D eigenvalue weighted by Gasteiger charge is -1.98. The molecule has 32 heavy (non-hydrogen) atoms. The van der Waals surface area contributed by atoms with Crippen molar-refractivity contribution >= 4 is 47.1 Å². The molecule has 5 rings (SSSR count).